The fourth-order valence-corrected chi connectivity index (χ4v) is 5.38. The molecule has 3 aliphatic heterocycles. The molecule has 1 spiro atoms. The molecule has 0 bridgehead atoms. The molecular weight excluding hydrogens is 464 g/mol. The van der Waals surface area contributed by atoms with Gasteiger partial charge in [0, 0.05) is 10.9 Å². The van der Waals surface area contributed by atoms with Crippen molar-refractivity contribution in [1.29, 1.82) is 0 Å². The Morgan fingerprint density at radius 1 is 1.18 bits per heavy atom. The summed E-state index contributed by atoms with van der Waals surface area (Å²) in [6, 6.07) is 15.0. The molecule has 3 atom stereocenters. The summed E-state index contributed by atoms with van der Waals surface area (Å²) in [5.41, 5.74) is 0.348. The Bertz CT molecular complexity index is 1200. The van der Waals surface area contributed by atoms with Crippen molar-refractivity contribution in [3.8, 4) is 0 Å². The van der Waals surface area contributed by atoms with E-state index in [1.807, 2.05) is 18.2 Å². The molecule has 1 N–H and O–H groups in total. The van der Waals surface area contributed by atoms with Gasteiger partial charge >= 0.3 is 6.09 Å². The number of thiocarbonyl (C=S) groups is 1. The van der Waals surface area contributed by atoms with Crippen molar-refractivity contribution in [2.24, 2.45) is 10.5 Å². The molecule has 3 heterocycles. The van der Waals surface area contributed by atoms with Crippen LogP contribution in [0.2, 0.25) is 5.02 Å². The highest BCUT2D eigenvalue weighted by Crippen LogP contribution is 2.50. The van der Waals surface area contributed by atoms with Crippen LogP contribution in [-0.4, -0.2) is 52.7 Å². The highest BCUT2D eigenvalue weighted by Gasteiger charge is 2.66. The van der Waals surface area contributed by atoms with E-state index in [-0.39, 0.29) is 24.0 Å². The molecule has 5 rings (SSSR count). The second-order valence-corrected chi connectivity index (χ2v) is 8.88. The van der Waals surface area contributed by atoms with E-state index in [0.29, 0.717) is 22.0 Å². The first-order chi connectivity index (χ1) is 15.9. The van der Waals surface area contributed by atoms with Crippen LogP contribution >= 0.6 is 23.8 Å². The van der Waals surface area contributed by atoms with E-state index in [1.54, 1.807) is 43.3 Å². The summed E-state index contributed by atoms with van der Waals surface area (Å²) in [4.78, 5) is 40.8. The van der Waals surface area contributed by atoms with Crippen LogP contribution in [0.3, 0.4) is 0 Å². The standard InChI is InChI=1S/C23H19ClN4O4S/c1-13-23(21(30)28(26-13)16-5-3-2-4-6-16)17(14-7-9-15(24)10-8-14)18(25-20(23)33)19(29)27-11-12-32-22(27)31/h2-10,17-18H,11-12H2,1H3,(H,25,33)/t17-,18-,23+/m0/s1. The maximum absolute atomic E-state index is 14.0. The number of hydrogen-bond donors (Lipinski definition) is 1. The Labute approximate surface area is 200 Å². The first-order valence-electron chi connectivity index (χ1n) is 10.4. The number of cyclic esters (lactones) is 1. The van der Waals surface area contributed by atoms with Gasteiger partial charge in [-0.1, -0.05) is 54.2 Å². The molecule has 2 fully saturated rings. The maximum atomic E-state index is 14.0. The number of ether oxygens (including phenoxy) is 1. The lowest BCUT2D eigenvalue weighted by atomic mass is 9.68. The van der Waals surface area contributed by atoms with Crippen molar-refractivity contribution >= 4 is 58.1 Å². The highest BCUT2D eigenvalue weighted by molar-refractivity contribution is 7.80. The second kappa shape index (κ2) is 7.93. The maximum Gasteiger partial charge on any atom is 0.416 e. The molecular formula is C23H19ClN4O4S. The molecule has 0 aliphatic carbocycles. The van der Waals surface area contributed by atoms with Crippen LogP contribution in [0.4, 0.5) is 10.5 Å². The first kappa shape index (κ1) is 21.5. The van der Waals surface area contributed by atoms with Gasteiger partial charge in [0.15, 0.2) is 5.41 Å². The molecule has 2 aromatic rings. The summed E-state index contributed by atoms with van der Waals surface area (Å²) < 4.78 is 4.95. The zero-order chi connectivity index (χ0) is 23.3. The molecule has 2 aromatic carbocycles. The predicted octanol–water partition coefficient (Wildman–Crippen LogP) is 3.11. The molecule has 2 saturated heterocycles. The van der Waals surface area contributed by atoms with Gasteiger partial charge in [-0.2, -0.15) is 10.1 Å². The van der Waals surface area contributed by atoms with E-state index in [9.17, 15) is 14.4 Å². The first-order valence-corrected chi connectivity index (χ1v) is 11.1. The van der Waals surface area contributed by atoms with Crippen molar-refractivity contribution in [3.05, 3.63) is 65.2 Å². The van der Waals surface area contributed by atoms with Crippen LogP contribution in [0.15, 0.2) is 59.7 Å². The lowest BCUT2D eigenvalue weighted by Crippen LogP contribution is -2.49. The number of hydrazone groups is 1. The molecule has 0 aromatic heterocycles. The van der Waals surface area contributed by atoms with E-state index in [1.165, 1.54) is 5.01 Å². The topological polar surface area (TPSA) is 91.3 Å². The van der Waals surface area contributed by atoms with Crippen molar-refractivity contribution in [1.82, 2.24) is 10.2 Å². The quantitative estimate of drug-likeness (QED) is 0.676. The van der Waals surface area contributed by atoms with Gasteiger partial charge in [-0.25, -0.2) is 9.69 Å². The minimum absolute atomic E-state index is 0.125. The number of amides is 3. The number of para-hydroxylation sites is 1. The minimum Gasteiger partial charge on any atom is -0.447 e. The molecule has 8 nitrogen and oxygen atoms in total. The predicted molar refractivity (Wildman–Crippen MR) is 126 cm³/mol. The monoisotopic (exact) mass is 482 g/mol. The summed E-state index contributed by atoms with van der Waals surface area (Å²) in [5.74, 6) is -1.61. The average Bonchev–Trinajstić information content (AvgIpc) is 3.46. The van der Waals surface area contributed by atoms with Crippen molar-refractivity contribution in [2.45, 2.75) is 18.9 Å². The molecule has 0 unspecified atom stereocenters. The summed E-state index contributed by atoms with van der Waals surface area (Å²) >= 11 is 11.8. The number of hydrogen-bond acceptors (Lipinski definition) is 6. The normalized spacial score (nSPS) is 26.6. The SMILES string of the molecule is CC1=NN(c2ccccc2)C(=O)[C@]12C(=S)N[C@H](C(=O)N1CCOC1=O)[C@@H]2c1ccc(Cl)cc1. The summed E-state index contributed by atoms with van der Waals surface area (Å²) in [7, 11) is 0. The van der Waals surface area contributed by atoms with Gasteiger partial charge in [0.1, 0.15) is 12.6 Å². The van der Waals surface area contributed by atoms with Crippen molar-refractivity contribution in [2.75, 3.05) is 18.2 Å². The van der Waals surface area contributed by atoms with Gasteiger partial charge in [-0.3, -0.25) is 9.59 Å². The molecule has 3 aliphatic rings. The molecule has 0 saturated carbocycles. The fourth-order valence-electron chi connectivity index (χ4n) is 4.77. The number of benzene rings is 2. The summed E-state index contributed by atoms with van der Waals surface area (Å²) in [6.45, 7) is 1.99. The molecule has 0 radical (unpaired) electrons. The van der Waals surface area contributed by atoms with Crippen LogP contribution in [-0.2, 0) is 14.3 Å². The van der Waals surface area contributed by atoms with Crippen LogP contribution in [0.5, 0.6) is 0 Å². The third kappa shape index (κ3) is 3.14. The Balaban J connectivity index is 1.64. The van der Waals surface area contributed by atoms with Gasteiger partial charge in [-0.15, -0.1) is 0 Å². The number of carbonyl (C=O) groups excluding carboxylic acids is 3. The van der Waals surface area contributed by atoms with E-state index in [2.05, 4.69) is 10.4 Å². The molecule has 168 valence electrons. The number of anilines is 1. The van der Waals surface area contributed by atoms with E-state index in [0.717, 1.165) is 4.90 Å². The van der Waals surface area contributed by atoms with E-state index < -0.39 is 29.4 Å². The highest BCUT2D eigenvalue weighted by atomic mass is 35.5. The zero-order valence-corrected chi connectivity index (χ0v) is 19.1. The van der Waals surface area contributed by atoms with Crippen LogP contribution in [0.1, 0.15) is 18.4 Å². The number of halogens is 1. The summed E-state index contributed by atoms with van der Waals surface area (Å²) in [6.07, 6.45) is -0.711. The molecule has 10 heteroatoms. The fraction of sp³-hybridized carbons (Fsp3) is 0.261. The largest absolute Gasteiger partial charge is 0.447 e. The van der Waals surface area contributed by atoms with Crippen molar-refractivity contribution in [3.63, 3.8) is 0 Å². The summed E-state index contributed by atoms with van der Waals surface area (Å²) in [5, 5.41) is 9.44. The lowest BCUT2D eigenvalue weighted by molar-refractivity contribution is -0.130. The van der Waals surface area contributed by atoms with Crippen LogP contribution < -0.4 is 10.3 Å². The second-order valence-electron chi connectivity index (χ2n) is 8.03. The number of carbonyl (C=O) groups is 3. The van der Waals surface area contributed by atoms with Crippen molar-refractivity contribution < 1.29 is 19.1 Å². The van der Waals surface area contributed by atoms with Gasteiger partial charge in [0.25, 0.3) is 11.8 Å². The molecule has 33 heavy (non-hydrogen) atoms. The van der Waals surface area contributed by atoms with E-state index in [4.69, 9.17) is 28.6 Å². The number of nitrogens with zero attached hydrogens (tertiary/aromatic N) is 3. The van der Waals surface area contributed by atoms with E-state index >= 15 is 0 Å². The third-order valence-electron chi connectivity index (χ3n) is 6.32. The van der Waals surface area contributed by atoms with Crippen LogP contribution in [0, 0.1) is 5.41 Å². The van der Waals surface area contributed by atoms with Gasteiger partial charge < -0.3 is 10.1 Å². The van der Waals surface area contributed by atoms with Gasteiger partial charge in [0.2, 0.25) is 0 Å². The number of rotatable bonds is 3. The minimum atomic E-state index is -1.39. The zero-order valence-electron chi connectivity index (χ0n) is 17.5. The molecule has 3 amide bonds. The Morgan fingerprint density at radius 3 is 2.52 bits per heavy atom. The lowest BCUT2D eigenvalue weighted by Gasteiger charge is -2.31. The smallest absolute Gasteiger partial charge is 0.416 e. The van der Waals surface area contributed by atoms with Gasteiger partial charge in [0.05, 0.1) is 22.9 Å². The van der Waals surface area contributed by atoms with Crippen LogP contribution in [0.25, 0.3) is 0 Å². The third-order valence-corrected chi connectivity index (χ3v) is 7.01. The van der Waals surface area contributed by atoms with Gasteiger partial charge in [-0.05, 0) is 36.8 Å². The Morgan fingerprint density at radius 2 is 1.88 bits per heavy atom. The Hall–Kier alpha value is -3.30. The Kier molecular flexibility index (Phi) is 5.18. The average molecular weight is 483 g/mol. The number of nitrogens with one attached hydrogen (secondary N) is 1. The number of imide groups is 1.